The molecule has 1 aromatic rings. The van der Waals surface area contributed by atoms with E-state index >= 15 is 0 Å². The van der Waals surface area contributed by atoms with Crippen LogP contribution in [-0.2, 0) is 11.2 Å². The van der Waals surface area contributed by atoms with Crippen LogP contribution in [0.4, 0.5) is 5.69 Å². The van der Waals surface area contributed by atoms with Crippen LogP contribution in [-0.4, -0.2) is 22.5 Å². The minimum atomic E-state index is -0.240. The third kappa shape index (κ3) is 1.20. The molecule has 0 saturated heterocycles. The molecule has 1 heterocycles. The normalized spacial score (nSPS) is 19.2. The highest BCUT2D eigenvalue weighted by Gasteiger charge is 2.21. The van der Waals surface area contributed by atoms with Crippen molar-refractivity contribution in [2.24, 2.45) is 0 Å². The fraction of sp³-hybridized carbons (Fsp3) is 0.222. The first-order valence-electron chi connectivity index (χ1n) is 3.97. The average molecular weight is 179 g/mol. The summed E-state index contributed by atoms with van der Waals surface area (Å²) in [6.07, 6.45) is 1.38. The number of aldehydes is 1. The molecule has 0 unspecified atom stereocenters. The van der Waals surface area contributed by atoms with E-state index in [0.29, 0.717) is 12.1 Å². The minimum Gasteiger partial charge on any atom is -0.504 e. The van der Waals surface area contributed by atoms with Gasteiger partial charge in [-0.3, -0.25) is 0 Å². The standard InChI is InChI=1S/C9H9NO3/c11-4-6-1-5-2-8(12)9(13)3-7(5)10-6/h2-4,6,10,12-13H,1H2/t6-/m1/s1. The summed E-state index contributed by atoms with van der Waals surface area (Å²) in [4.78, 5) is 10.5. The summed E-state index contributed by atoms with van der Waals surface area (Å²) in [5.41, 5.74) is 1.57. The molecule has 0 saturated carbocycles. The average Bonchev–Trinajstić information content (AvgIpc) is 2.48. The van der Waals surface area contributed by atoms with Crippen molar-refractivity contribution in [1.82, 2.24) is 0 Å². The number of rotatable bonds is 1. The molecule has 1 aromatic carbocycles. The zero-order valence-electron chi connectivity index (χ0n) is 6.82. The van der Waals surface area contributed by atoms with E-state index in [1.165, 1.54) is 12.1 Å². The smallest absolute Gasteiger partial charge is 0.159 e. The van der Waals surface area contributed by atoms with Gasteiger partial charge in [-0.15, -0.1) is 0 Å². The molecule has 0 fully saturated rings. The Kier molecular flexibility index (Phi) is 1.62. The zero-order chi connectivity index (χ0) is 9.42. The Morgan fingerprint density at radius 3 is 2.77 bits per heavy atom. The van der Waals surface area contributed by atoms with E-state index in [2.05, 4.69) is 5.32 Å². The molecular formula is C9H9NO3. The Morgan fingerprint density at radius 1 is 1.38 bits per heavy atom. The SMILES string of the molecule is O=C[C@H]1Cc2cc(O)c(O)cc2N1. The summed E-state index contributed by atoms with van der Waals surface area (Å²) in [6, 6.07) is 2.66. The fourth-order valence-corrected chi connectivity index (χ4v) is 1.49. The number of nitrogens with one attached hydrogen (secondary N) is 1. The van der Waals surface area contributed by atoms with Crippen LogP contribution < -0.4 is 5.32 Å². The molecule has 2 rings (SSSR count). The van der Waals surface area contributed by atoms with Crippen molar-refractivity contribution < 1.29 is 15.0 Å². The van der Waals surface area contributed by atoms with Crippen molar-refractivity contribution >= 4 is 12.0 Å². The van der Waals surface area contributed by atoms with Gasteiger partial charge in [-0.2, -0.15) is 0 Å². The third-order valence-corrected chi connectivity index (χ3v) is 2.15. The van der Waals surface area contributed by atoms with E-state index in [1.807, 2.05) is 0 Å². The molecule has 3 N–H and O–H groups in total. The van der Waals surface area contributed by atoms with Crippen LogP contribution in [0.1, 0.15) is 5.56 Å². The summed E-state index contributed by atoms with van der Waals surface area (Å²) in [7, 11) is 0. The molecule has 13 heavy (non-hydrogen) atoms. The van der Waals surface area contributed by atoms with Crippen molar-refractivity contribution in [3.8, 4) is 11.5 Å². The van der Waals surface area contributed by atoms with Gasteiger partial charge >= 0.3 is 0 Å². The second-order valence-corrected chi connectivity index (χ2v) is 3.09. The van der Waals surface area contributed by atoms with E-state index in [1.54, 1.807) is 0 Å². The van der Waals surface area contributed by atoms with E-state index in [0.717, 1.165) is 11.8 Å². The number of phenolic OH excluding ortho intramolecular Hbond substituents is 2. The minimum absolute atomic E-state index is 0.146. The number of aromatic hydroxyl groups is 2. The largest absolute Gasteiger partial charge is 0.504 e. The highest BCUT2D eigenvalue weighted by molar-refractivity contribution is 5.73. The van der Waals surface area contributed by atoms with Crippen LogP contribution in [0.15, 0.2) is 12.1 Å². The number of carbonyl (C=O) groups excluding carboxylic acids is 1. The van der Waals surface area contributed by atoms with Gasteiger partial charge in [0.05, 0.1) is 6.04 Å². The first kappa shape index (κ1) is 7.91. The van der Waals surface area contributed by atoms with Gasteiger partial charge in [0.15, 0.2) is 11.5 Å². The van der Waals surface area contributed by atoms with Crippen molar-refractivity contribution in [3.05, 3.63) is 17.7 Å². The molecule has 0 radical (unpaired) electrons. The van der Waals surface area contributed by atoms with E-state index < -0.39 is 0 Å². The van der Waals surface area contributed by atoms with Gasteiger partial charge in [0, 0.05) is 18.2 Å². The highest BCUT2D eigenvalue weighted by atomic mass is 16.3. The Morgan fingerprint density at radius 2 is 2.08 bits per heavy atom. The molecule has 4 nitrogen and oxygen atoms in total. The predicted octanol–water partition coefficient (Wildman–Crippen LogP) is 0.633. The number of carbonyl (C=O) groups is 1. The lowest BCUT2D eigenvalue weighted by Gasteiger charge is -2.02. The van der Waals surface area contributed by atoms with Gasteiger partial charge in [-0.05, 0) is 11.6 Å². The van der Waals surface area contributed by atoms with Crippen LogP contribution in [0.2, 0.25) is 0 Å². The van der Waals surface area contributed by atoms with Gasteiger partial charge in [-0.25, -0.2) is 0 Å². The number of fused-ring (bicyclic) bond motifs is 1. The Balaban J connectivity index is 2.41. The van der Waals surface area contributed by atoms with Crippen molar-refractivity contribution in [1.29, 1.82) is 0 Å². The lowest BCUT2D eigenvalue weighted by molar-refractivity contribution is -0.108. The summed E-state index contributed by atoms with van der Waals surface area (Å²) in [5.74, 6) is -0.315. The number of hydrogen-bond donors (Lipinski definition) is 3. The quantitative estimate of drug-likeness (QED) is 0.336. The van der Waals surface area contributed by atoms with Gasteiger partial charge < -0.3 is 20.3 Å². The van der Waals surface area contributed by atoms with Crippen molar-refractivity contribution in [2.45, 2.75) is 12.5 Å². The lowest BCUT2D eigenvalue weighted by atomic mass is 10.1. The Labute approximate surface area is 74.8 Å². The summed E-state index contributed by atoms with van der Waals surface area (Å²) >= 11 is 0. The van der Waals surface area contributed by atoms with Gasteiger partial charge in [0.2, 0.25) is 0 Å². The first-order chi connectivity index (χ1) is 6.20. The van der Waals surface area contributed by atoms with Crippen LogP contribution in [0.25, 0.3) is 0 Å². The summed E-state index contributed by atoms with van der Waals surface area (Å²) in [6.45, 7) is 0. The molecular weight excluding hydrogens is 170 g/mol. The molecule has 1 aliphatic rings. The monoisotopic (exact) mass is 179 g/mol. The summed E-state index contributed by atoms with van der Waals surface area (Å²) < 4.78 is 0. The lowest BCUT2D eigenvalue weighted by Crippen LogP contribution is -2.15. The Bertz CT molecular complexity index is 331. The van der Waals surface area contributed by atoms with Crippen LogP contribution in [0.5, 0.6) is 11.5 Å². The Hall–Kier alpha value is -1.71. The molecule has 1 aliphatic heterocycles. The molecule has 0 amide bonds. The van der Waals surface area contributed by atoms with Crippen LogP contribution in [0, 0.1) is 0 Å². The molecule has 0 aromatic heterocycles. The molecule has 0 bridgehead atoms. The van der Waals surface area contributed by atoms with Gasteiger partial charge in [0.1, 0.15) is 6.29 Å². The molecule has 0 spiro atoms. The van der Waals surface area contributed by atoms with Crippen molar-refractivity contribution in [3.63, 3.8) is 0 Å². The number of hydrogen-bond acceptors (Lipinski definition) is 4. The van der Waals surface area contributed by atoms with E-state index in [4.69, 9.17) is 5.11 Å². The van der Waals surface area contributed by atoms with Gasteiger partial charge in [0.25, 0.3) is 0 Å². The maximum Gasteiger partial charge on any atom is 0.159 e. The molecule has 1 atom stereocenters. The van der Waals surface area contributed by atoms with E-state index in [-0.39, 0.29) is 17.5 Å². The molecule has 0 aliphatic carbocycles. The van der Waals surface area contributed by atoms with Crippen LogP contribution >= 0.6 is 0 Å². The zero-order valence-corrected chi connectivity index (χ0v) is 6.82. The maximum absolute atomic E-state index is 10.5. The number of anilines is 1. The topological polar surface area (TPSA) is 69.6 Å². The van der Waals surface area contributed by atoms with Crippen molar-refractivity contribution in [2.75, 3.05) is 5.32 Å². The summed E-state index contributed by atoms with van der Waals surface area (Å²) in [5, 5.41) is 21.3. The van der Waals surface area contributed by atoms with E-state index in [9.17, 15) is 9.90 Å². The second-order valence-electron chi connectivity index (χ2n) is 3.09. The van der Waals surface area contributed by atoms with Crippen LogP contribution in [0.3, 0.4) is 0 Å². The molecule has 4 heteroatoms. The highest BCUT2D eigenvalue weighted by Crippen LogP contribution is 2.35. The predicted molar refractivity (Wildman–Crippen MR) is 47.0 cm³/mol. The number of phenols is 2. The first-order valence-corrected chi connectivity index (χ1v) is 3.97. The fourth-order valence-electron chi connectivity index (χ4n) is 1.49. The molecule has 68 valence electrons. The van der Waals surface area contributed by atoms with Gasteiger partial charge in [-0.1, -0.05) is 0 Å². The maximum atomic E-state index is 10.5. The number of benzene rings is 1. The third-order valence-electron chi connectivity index (χ3n) is 2.15. The second kappa shape index (κ2) is 2.65.